The summed E-state index contributed by atoms with van der Waals surface area (Å²) >= 11 is 0. The van der Waals surface area contributed by atoms with Crippen LogP contribution < -0.4 is 20.5 Å². The van der Waals surface area contributed by atoms with E-state index in [4.69, 9.17) is 19.9 Å². The Morgan fingerprint density at radius 2 is 1.87 bits per heavy atom. The average molecular weight is 537 g/mol. The summed E-state index contributed by atoms with van der Waals surface area (Å²) in [5, 5.41) is 24.1. The third kappa shape index (κ3) is 9.40. The Hall–Kier alpha value is -1.87. The van der Waals surface area contributed by atoms with Crippen molar-refractivity contribution in [2.75, 3.05) is 34.0 Å². The third-order valence-corrected chi connectivity index (χ3v) is 8.20. The molecule has 0 aromatic heterocycles. The van der Waals surface area contributed by atoms with Gasteiger partial charge in [-0.15, -0.1) is 0 Å². The number of nitrogens with two attached hydrogens (primary N) is 1. The molecule has 2 rings (SSSR count). The van der Waals surface area contributed by atoms with Crippen LogP contribution in [0.1, 0.15) is 71.8 Å². The Morgan fingerprint density at radius 3 is 2.50 bits per heavy atom. The van der Waals surface area contributed by atoms with Gasteiger partial charge < -0.3 is 35.5 Å². The highest BCUT2D eigenvalue weighted by Gasteiger charge is 2.41. The molecule has 0 unspecified atom stereocenters. The van der Waals surface area contributed by atoms with Crippen LogP contribution >= 0.6 is 0 Å². The minimum atomic E-state index is -0.858. The molecule has 0 aliphatic heterocycles. The number of aliphatic hydroxyl groups is 2. The molecule has 0 radical (unpaired) electrons. The second-order valence-electron chi connectivity index (χ2n) is 11.7. The number of benzene rings is 1. The summed E-state index contributed by atoms with van der Waals surface area (Å²) in [5.74, 6) is 1.76. The predicted molar refractivity (Wildman–Crippen MR) is 150 cm³/mol. The number of hydrogen-bond acceptors (Lipinski definition) is 7. The Kier molecular flexibility index (Phi) is 13.3. The number of methoxy groups -OCH3 is 2. The van der Waals surface area contributed by atoms with E-state index >= 15 is 0 Å². The maximum atomic E-state index is 13.0. The summed E-state index contributed by atoms with van der Waals surface area (Å²) < 4.78 is 16.5. The van der Waals surface area contributed by atoms with E-state index in [0.29, 0.717) is 37.1 Å². The number of rotatable bonds is 16. The van der Waals surface area contributed by atoms with Crippen LogP contribution in [0.15, 0.2) is 18.2 Å². The third-order valence-electron chi connectivity index (χ3n) is 8.20. The predicted octanol–water partition coefficient (Wildman–Crippen LogP) is 3.70. The van der Waals surface area contributed by atoms with Crippen molar-refractivity contribution in [1.82, 2.24) is 5.32 Å². The molecule has 38 heavy (non-hydrogen) atoms. The molecule has 5 N–H and O–H groups in total. The van der Waals surface area contributed by atoms with E-state index in [9.17, 15) is 15.0 Å². The standard InChI is InChI=1S/C30H52N2O6/c1-20(2)22(16-21-12-13-27(37-6)28(17-21)38-15-9-14-36-5)18-24(31)26(34)19-32-29(35)30(3,4)23-10-7-8-11-25(23)33/h12-13,17,20,22-26,33-34H,7-11,14-16,18-19,31H2,1-6H3,(H,32,35)/t22-,23+,24-,25+,26-/m0/s1. The summed E-state index contributed by atoms with van der Waals surface area (Å²) in [6.45, 7) is 9.36. The van der Waals surface area contributed by atoms with Crippen molar-refractivity contribution in [2.24, 2.45) is 28.9 Å². The lowest BCUT2D eigenvalue weighted by Gasteiger charge is -2.39. The molecule has 1 aromatic rings. The van der Waals surface area contributed by atoms with E-state index in [1.54, 1.807) is 14.2 Å². The molecular formula is C30H52N2O6. The van der Waals surface area contributed by atoms with E-state index in [0.717, 1.165) is 44.1 Å². The van der Waals surface area contributed by atoms with Gasteiger partial charge in [-0.05, 0) is 61.1 Å². The van der Waals surface area contributed by atoms with Crippen LogP contribution in [-0.2, 0) is 16.0 Å². The van der Waals surface area contributed by atoms with Crippen LogP contribution in [0.25, 0.3) is 0 Å². The second-order valence-corrected chi connectivity index (χ2v) is 11.7. The van der Waals surface area contributed by atoms with Crippen molar-refractivity contribution in [3.05, 3.63) is 23.8 Å². The number of carbonyl (C=O) groups excluding carboxylic acids is 1. The minimum absolute atomic E-state index is 0.0780. The molecule has 0 bridgehead atoms. The molecule has 1 amide bonds. The number of carbonyl (C=O) groups is 1. The fourth-order valence-corrected chi connectivity index (χ4v) is 5.44. The first-order valence-electron chi connectivity index (χ1n) is 14.2. The van der Waals surface area contributed by atoms with Crippen LogP contribution in [0.2, 0.25) is 0 Å². The van der Waals surface area contributed by atoms with E-state index in [1.807, 2.05) is 32.0 Å². The van der Waals surface area contributed by atoms with Crippen molar-refractivity contribution < 1.29 is 29.2 Å². The van der Waals surface area contributed by atoms with Gasteiger partial charge in [0.25, 0.3) is 0 Å². The maximum Gasteiger partial charge on any atom is 0.226 e. The van der Waals surface area contributed by atoms with Gasteiger partial charge in [-0.3, -0.25) is 4.79 Å². The summed E-state index contributed by atoms with van der Waals surface area (Å²) in [7, 11) is 3.30. The Morgan fingerprint density at radius 1 is 1.16 bits per heavy atom. The number of nitrogens with one attached hydrogen (secondary N) is 1. The van der Waals surface area contributed by atoms with Gasteiger partial charge in [-0.1, -0.05) is 46.6 Å². The van der Waals surface area contributed by atoms with Gasteiger partial charge in [0.1, 0.15) is 0 Å². The van der Waals surface area contributed by atoms with Crippen LogP contribution in [0, 0.1) is 23.2 Å². The number of amides is 1. The van der Waals surface area contributed by atoms with E-state index < -0.39 is 23.7 Å². The van der Waals surface area contributed by atoms with Gasteiger partial charge in [-0.2, -0.15) is 0 Å². The summed E-state index contributed by atoms with van der Waals surface area (Å²) in [6, 6.07) is 5.51. The van der Waals surface area contributed by atoms with Crippen LogP contribution in [0.3, 0.4) is 0 Å². The van der Waals surface area contributed by atoms with Gasteiger partial charge in [0.2, 0.25) is 5.91 Å². The van der Waals surface area contributed by atoms with E-state index in [-0.39, 0.29) is 24.3 Å². The fraction of sp³-hybridized carbons (Fsp3) is 0.767. The van der Waals surface area contributed by atoms with Gasteiger partial charge >= 0.3 is 0 Å². The first kappa shape index (κ1) is 32.3. The fourth-order valence-electron chi connectivity index (χ4n) is 5.44. The molecule has 1 aliphatic carbocycles. The van der Waals surface area contributed by atoms with Gasteiger partial charge in [0, 0.05) is 38.1 Å². The molecule has 0 spiro atoms. The normalized spacial score (nSPS) is 20.6. The molecule has 8 heteroatoms. The lowest BCUT2D eigenvalue weighted by Crippen LogP contribution is -2.51. The zero-order valence-electron chi connectivity index (χ0n) is 24.4. The van der Waals surface area contributed by atoms with Crippen molar-refractivity contribution in [3.63, 3.8) is 0 Å². The van der Waals surface area contributed by atoms with E-state index in [1.165, 1.54) is 0 Å². The van der Waals surface area contributed by atoms with Crippen LogP contribution in [0.4, 0.5) is 0 Å². The first-order valence-corrected chi connectivity index (χ1v) is 14.2. The highest BCUT2D eigenvalue weighted by Crippen LogP contribution is 2.38. The zero-order valence-corrected chi connectivity index (χ0v) is 24.4. The van der Waals surface area contributed by atoms with Crippen molar-refractivity contribution in [2.45, 2.75) is 90.9 Å². The lowest BCUT2D eigenvalue weighted by molar-refractivity contribution is -0.137. The number of hydrogen-bond donors (Lipinski definition) is 4. The van der Waals surface area contributed by atoms with Gasteiger partial charge in [0.05, 0.1) is 25.9 Å². The quantitative estimate of drug-likeness (QED) is 0.238. The van der Waals surface area contributed by atoms with Gasteiger partial charge in [-0.25, -0.2) is 0 Å². The molecule has 1 aromatic carbocycles. The summed E-state index contributed by atoms with van der Waals surface area (Å²) in [5.41, 5.74) is 6.85. The molecule has 1 fully saturated rings. The second kappa shape index (κ2) is 15.7. The molecule has 218 valence electrons. The molecule has 1 saturated carbocycles. The lowest BCUT2D eigenvalue weighted by atomic mass is 9.69. The topological polar surface area (TPSA) is 123 Å². The Labute approximate surface area is 229 Å². The minimum Gasteiger partial charge on any atom is -0.493 e. The Balaban J connectivity index is 1.95. The van der Waals surface area contributed by atoms with Crippen molar-refractivity contribution >= 4 is 5.91 Å². The van der Waals surface area contributed by atoms with E-state index in [2.05, 4.69) is 19.2 Å². The molecule has 1 aliphatic rings. The summed E-state index contributed by atoms with van der Waals surface area (Å²) in [6.07, 6.45) is 4.48. The molecule has 8 nitrogen and oxygen atoms in total. The maximum absolute atomic E-state index is 13.0. The molecule has 0 heterocycles. The van der Waals surface area contributed by atoms with Crippen LogP contribution in [-0.4, -0.2) is 68.3 Å². The zero-order chi connectivity index (χ0) is 28.3. The number of aliphatic hydroxyl groups excluding tert-OH is 2. The summed E-state index contributed by atoms with van der Waals surface area (Å²) in [4.78, 5) is 13.0. The van der Waals surface area contributed by atoms with Gasteiger partial charge in [0.15, 0.2) is 11.5 Å². The number of ether oxygens (including phenoxy) is 3. The SMILES string of the molecule is COCCCOc1cc(C[C@@H](C[C@H](N)[C@@H](O)CNC(=O)C(C)(C)[C@@H]2CCCC[C@H]2O)C(C)C)ccc1OC. The molecule has 0 saturated heterocycles. The largest absolute Gasteiger partial charge is 0.493 e. The van der Waals surface area contributed by atoms with Crippen molar-refractivity contribution in [1.29, 1.82) is 0 Å². The Bertz CT molecular complexity index is 846. The first-order chi connectivity index (χ1) is 18.0. The highest BCUT2D eigenvalue weighted by atomic mass is 16.5. The molecule has 5 atom stereocenters. The monoisotopic (exact) mass is 536 g/mol. The smallest absolute Gasteiger partial charge is 0.226 e. The highest BCUT2D eigenvalue weighted by molar-refractivity contribution is 5.82. The molecular weight excluding hydrogens is 484 g/mol. The van der Waals surface area contributed by atoms with Crippen molar-refractivity contribution in [3.8, 4) is 11.5 Å². The average Bonchev–Trinajstić information content (AvgIpc) is 2.89. The van der Waals surface area contributed by atoms with Crippen LogP contribution in [0.5, 0.6) is 11.5 Å².